The van der Waals surface area contributed by atoms with Crippen molar-refractivity contribution in [2.45, 2.75) is 109 Å². The van der Waals surface area contributed by atoms with Crippen molar-refractivity contribution in [1.29, 1.82) is 0 Å². The van der Waals surface area contributed by atoms with Crippen LogP contribution in [-0.4, -0.2) is 41.3 Å². The maximum atomic E-state index is 12.7. The van der Waals surface area contributed by atoms with E-state index in [4.69, 9.17) is 9.47 Å². The van der Waals surface area contributed by atoms with Crippen LogP contribution >= 0.6 is 0 Å². The number of carbonyl (C=O) groups excluding carboxylic acids is 2. The number of ketones is 2. The predicted molar refractivity (Wildman–Crippen MR) is 116 cm³/mol. The van der Waals surface area contributed by atoms with Gasteiger partial charge >= 0.3 is 0 Å². The molecule has 0 aromatic carbocycles. The van der Waals surface area contributed by atoms with E-state index in [9.17, 15) is 14.7 Å². The van der Waals surface area contributed by atoms with Crippen LogP contribution in [0.3, 0.4) is 0 Å². The van der Waals surface area contributed by atoms with Crippen LogP contribution in [0.25, 0.3) is 0 Å². The molecule has 9 atom stereocenters. The van der Waals surface area contributed by atoms with Crippen LogP contribution in [0.1, 0.15) is 91.4 Å². The summed E-state index contributed by atoms with van der Waals surface area (Å²) in [6, 6.07) is 0. The molecule has 5 fully saturated rings. The summed E-state index contributed by atoms with van der Waals surface area (Å²) in [6.07, 6.45) is 9.63. The minimum atomic E-state index is -1.25. The second-order valence-corrected chi connectivity index (χ2v) is 11.9. The van der Waals surface area contributed by atoms with Crippen LogP contribution in [0.4, 0.5) is 0 Å². The molecular weight excluding hydrogens is 392 g/mol. The molecule has 5 rings (SSSR count). The van der Waals surface area contributed by atoms with E-state index < -0.39 is 11.0 Å². The number of Topliss-reactive ketones (excluding diaryl/α,β-unsaturated/α-hetero) is 2. The fourth-order valence-corrected chi connectivity index (χ4v) is 8.86. The van der Waals surface area contributed by atoms with Crippen LogP contribution in [0.5, 0.6) is 0 Å². The molecule has 1 heterocycles. The van der Waals surface area contributed by atoms with Crippen molar-refractivity contribution in [2.75, 3.05) is 6.61 Å². The molecule has 5 aliphatic rings. The number of carbonyl (C=O) groups is 2. The first-order valence-electron chi connectivity index (χ1n) is 12.7. The maximum absolute atomic E-state index is 12.7. The molecule has 0 spiro atoms. The summed E-state index contributed by atoms with van der Waals surface area (Å²) in [5.41, 5.74) is -1.61. The second kappa shape index (κ2) is 7.63. The zero-order valence-electron chi connectivity index (χ0n) is 19.5. The molecule has 4 saturated carbocycles. The van der Waals surface area contributed by atoms with Gasteiger partial charge in [-0.05, 0) is 93.8 Å². The third-order valence-electron chi connectivity index (χ3n) is 10.6. The minimum Gasteiger partial charge on any atom is -0.382 e. The molecule has 0 radical (unpaired) electrons. The summed E-state index contributed by atoms with van der Waals surface area (Å²) in [6.45, 7) is 6.87. The lowest BCUT2D eigenvalue weighted by molar-refractivity contribution is -0.260. The van der Waals surface area contributed by atoms with E-state index >= 15 is 0 Å². The minimum absolute atomic E-state index is 0.0284. The van der Waals surface area contributed by atoms with Crippen LogP contribution in [0.2, 0.25) is 0 Å². The molecule has 1 saturated heterocycles. The van der Waals surface area contributed by atoms with E-state index in [1.807, 2.05) is 0 Å². The Morgan fingerprint density at radius 3 is 2.65 bits per heavy atom. The predicted octanol–water partition coefficient (Wildman–Crippen LogP) is 4.44. The first kappa shape index (κ1) is 22.0. The first-order chi connectivity index (χ1) is 14.7. The molecule has 5 heteroatoms. The highest BCUT2D eigenvalue weighted by atomic mass is 16.7. The van der Waals surface area contributed by atoms with Crippen molar-refractivity contribution in [1.82, 2.24) is 0 Å². The van der Waals surface area contributed by atoms with Crippen molar-refractivity contribution in [3.8, 4) is 0 Å². The van der Waals surface area contributed by atoms with Gasteiger partial charge in [-0.3, -0.25) is 9.59 Å². The van der Waals surface area contributed by atoms with Gasteiger partial charge in [-0.1, -0.05) is 13.8 Å². The molecule has 174 valence electrons. The van der Waals surface area contributed by atoms with Gasteiger partial charge in [0.05, 0.1) is 6.10 Å². The molecule has 31 heavy (non-hydrogen) atoms. The maximum Gasteiger partial charge on any atom is 0.161 e. The number of rotatable bonds is 3. The summed E-state index contributed by atoms with van der Waals surface area (Å²) in [5.74, 6) is 1.92. The van der Waals surface area contributed by atoms with E-state index in [1.165, 1.54) is 0 Å². The fraction of sp³-hybridized carbons (Fsp3) is 0.923. The molecule has 0 aromatic heterocycles. The highest BCUT2D eigenvalue weighted by Crippen LogP contribution is 2.68. The van der Waals surface area contributed by atoms with Crippen molar-refractivity contribution in [3.05, 3.63) is 0 Å². The largest absolute Gasteiger partial charge is 0.382 e. The zero-order chi connectivity index (χ0) is 22.0. The highest BCUT2D eigenvalue weighted by Gasteiger charge is 2.68. The lowest BCUT2D eigenvalue weighted by Crippen LogP contribution is -2.63. The number of ether oxygens (including phenoxy) is 2. The second-order valence-electron chi connectivity index (χ2n) is 11.9. The number of fused-ring (bicyclic) bond motifs is 5. The van der Waals surface area contributed by atoms with Gasteiger partial charge in [0, 0.05) is 24.9 Å². The summed E-state index contributed by atoms with van der Waals surface area (Å²) in [7, 11) is 0. The fourth-order valence-electron chi connectivity index (χ4n) is 8.86. The van der Waals surface area contributed by atoms with E-state index in [0.29, 0.717) is 55.1 Å². The van der Waals surface area contributed by atoms with Crippen LogP contribution in [0, 0.1) is 34.5 Å². The SMILES string of the molecule is CC(=O)[C@@]1(O)CC[C@H]2[C@@H]3CC[C@@H]4CC(=O)CC[C@]4(C)[C@H]3[C@H](OC3CCCCO3)C[C@@]21C. The number of hydrogen-bond acceptors (Lipinski definition) is 5. The highest BCUT2D eigenvalue weighted by molar-refractivity contribution is 5.86. The van der Waals surface area contributed by atoms with E-state index in [-0.39, 0.29) is 23.6 Å². The smallest absolute Gasteiger partial charge is 0.161 e. The van der Waals surface area contributed by atoms with E-state index in [2.05, 4.69) is 13.8 Å². The monoisotopic (exact) mass is 432 g/mol. The van der Waals surface area contributed by atoms with Crippen molar-refractivity contribution in [2.24, 2.45) is 34.5 Å². The summed E-state index contributed by atoms with van der Waals surface area (Å²) < 4.78 is 12.7. The van der Waals surface area contributed by atoms with Crippen LogP contribution in [0.15, 0.2) is 0 Å². The Bertz CT molecular complexity index is 744. The van der Waals surface area contributed by atoms with Crippen LogP contribution in [-0.2, 0) is 19.1 Å². The molecule has 0 aromatic rings. The molecule has 0 bridgehead atoms. The third-order valence-corrected chi connectivity index (χ3v) is 10.6. The number of hydrogen-bond donors (Lipinski definition) is 1. The Labute approximate surface area is 186 Å². The Morgan fingerprint density at radius 2 is 1.94 bits per heavy atom. The standard InChI is InChI=1S/C26H40O5/c1-16(27)26(29)12-10-20-19-8-7-17-14-18(28)9-11-24(17,2)23(19)21(15-25(20,26)3)31-22-6-4-5-13-30-22/h17,19-23,29H,4-15H2,1-3H3/t17-,19+,20+,21-,22?,23-,24+,25+,26+/m1/s1. The van der Waals surface area contributed by atoms with Gasteiger partial charge in [0.25, 0.3) is 0 Å². The molecule has 1 N–H and O–H groups in total. The molecule has 0 amide bonds. The first-order valence-corrected chi connectivity index (χ1v) is 12.7. The lowest BCUT2D eigenvalue weighted by atomic mass is 9.43. The van der Waals surface area contributed by atoms with Gasteiger partial charge in [-0.15, -0.1) is 0 Å². The zero-order valence-corrected chi connectivity index (χ0v) is 19.5. The van der Waals surface area contributed by atoms with Crippen molar-refractivity contribution >= 4 is 11.6 Å². The van der Waals surface area contributed by atoms with Gasteiger partial charge < -0.3 is 14.6 Å². The van der Waals surface area contributed by atoms with Gasteiger partial charge in [-0.25, -0.2) is 0 Å². The van der Waals surface area contributed by atoms with E-state index in [1.54, 1.807) is 6.92 Å². The summed E-state index contributed by atoms with van der Waals surface area (Å²) in [5, 5.41) is 11.6. The molecule has 1 aliphatic heterocycles. The Morgan fingerprint density at radius 1 is 1.13 bits per heavy atom. The van der Waals surface area contributed by atoms with Gasteiger partial charge in [0.2, 0.25) is 0 Å². The normalized spacial score (nSPS) is 52.2. The third kappa shape index (κ3) is 3.20. The average Bonchev–Trinajstić information content (AvgIpc) is 3.01. The molecule has 5 nitrogen and oxygen atoms in total. The van der Waals surface area contributed by atoms with Gasteiger partial charge in [-0.2, -0.15) is 0 Å². The van der Waals surface area contributed by atoms with Gasteiger partial charge in [0.1, 0.15) is 11.4 Å². The summed E-state index contributed by atoms with van der Waals surface area (Å²) in [4.78, 5) is 24.9. The van der Waals surface area contributed by atoms with E-state index in [0.717, 1.165) is 51.6 Å². The average molecular weight is 433 g/mol. The van der Waals surface area contributed by atoms with Crippen molar-refractivity contribution in [3.63, 3.8) is 0 Å². The van der Waals surface area contributed by atoms with Crippen molar-refractivity contribution < 1.29 is 24.2 Å². The van der Waals surface area contributed by atoms with Gasteiger partial charge in [0.15, 0.2) is 12.1 Å². The molecular formula is C26H40O5. The Balaban J connectivity index is 1.52. The molecule has 1 unspecified atom stereocenters. The lowest BCUT2D eigenvalue weighted by Gasteiger charge is -2.63. The Hall–Kier alpha value is -0.780. The topological polar surface area (TPSA) is 72.8 Å². The number of aliphatic hydroxyl groups is 1. The van der Waals surface area contributed by atoms with Crippen LogP contribution < -0.4 is 0 Å². The quantitative estimate of drug-likeness (QED) is 0.714. The Kier molecular flexibility index (Phi) is 5.42. The molecule has 4 aliphatic carbocycles. The summed E-state index contributed by atoms with van der Waals surface area (Å²) >= 11 is 0.